The highest BCUT2D eigenvalue weighted by atomic mass is 35.5. The Hall–Kier alpha value is -2.09. The van der Waals surface area contributed by atoms with Crippen LogP contribution in [0, 0.1) is 6.92 Å². The molecule has 0 spiro atoms. The zero-order valence-electron chi connectivity index (χ0n) is 15.4. The molecule has 2 rings (SSSR count). The smallest absolute Gasteiger partial charge is 0.244 e. The molecule has 150 valence electrons. The van der Waals surface area contributed by atoms with Crippen LogP contribution in [-0.4, -0.2) is 44.5 Å². The van der Waals surface area contributed by atoms with Gasteiger partial charge in [0.1, 0.15) is 0 Å². The first-order valence-electron chi connectivity index (χ1n) is 8.37. The molecule has 0 saturated heterocycles. The molecule has 0 saturated carbocycles. The third-order valence-electron chi connectivity index (χ3n) is 4.00. The number of para-hydroxylation sites is 1. The van der Waals surface area contributed by atoms with E-state index in [2.05, 4.69) is 5.32 Å². The first kappa shape index (κ1) is 22.2. The zero-order chi connectivity index (χ0) is 20.9. The number of nitrogens with zero attached hydrogens (tertiary/aromatic N) is 1. The molecule has 0 aliphatic carbocycles. The van der Waals surface area contributed by atoms with Gasteiger partial charge in [-0.1, -0.05) is 47.0 Å². The van der Waals surface area contributed by atoms with Crippen LogP contribution in [0.1, 0.15) is 12.0 Å². The van der Waals surface area contributed by atoms with Crippen molar-refractivity contribution in [3.63, 3.8) is 0 Å². The van der Waals surface area contributed by atoms with Crippen molar-refractivity contribution in [1.29, 1.82) is 0 Å². The van der Waals surface area contributed by atoms with Gasteiger partial charge in [0.25, 0.3) is 0 Å². The van der Waals surface area contributed by atoms with Crippen LogP contribution in [0.4, 0.5) is 5.69 Å². The zero-order valence-corrected chi connectivity index (χ0v) is 17.7. The van der Waals surface area contributed by atoms with Gasteiger partial charge in [0, 0.05) is 13.5 Å². The maximum absolute atomic E-state index is 12.3. The second kappa shape index (κ2) is 9.41. The lowest BCUT2D eigenvalue weighted by atomic mass is 10.2. The second-order valence-corrected chi connectivity index (χ2v) is 9.20. The second-order valence-electron chi connectivity index (χ2n) is 6.28. The van der Waals surface area contributed by atoms with Gasteiger partial charge < -0.3 is 10.2 Å². The highest BCUT2D eigenvalue weighted by Crippen LogP contribution is 2.29. The first-order chi connectivity index (χ1) is 13.1. The monoisotopic (exact) mass is 442 g/mol. The summed E-state index contributed by atoms with van der Waals surface area (Å²) in [6.45, 7) is 1.60. The van der Waals surface area contributed by atoms with Crippen LogP contribution < -0.4 is 5.32 Å². The molecule has 2 aromatic rings. The molecule has 0 bridgehead atoms. The van der Waals surface area contributed by atoms with E-state index in [1.807, 2.05) is 6.92 Å². The van der Waals surface area contributed by atoms with E-state index in [4.69, 9.17) is 23.2 Å². The van der Waals surface area contributed by atoms with Crippen molar-refractivity contribution in [3.8, 4) is 0 Å². The Kier molecular flexibility index (Phi) is 7.46. The molecule has 2 aromatic carbocycles. The van der Waals surface area contributed by atoms with E-state index < -0.39 is 21.7 Å². The molecular formula is C19H20Cl2N2O4S. The van der Waals surface area contributed by atoms with Crippen LogP contribution in [0.15, 0.2) is 47.4 Å². The molecule has 0 aliphatic rings. The lowest BCUT2D eigenvalue weighted by molar-refractivity contribution is -0.132. The van der Waals surface area contributed by atoms with Crippen molar-refractivity contribution in [2.24, 2.45) is 0 Å². The first-order valence-corrected chi connectivity index (χ1v) is 10.8. The number of hydrogen-bond donors (Lipinski definition) is 1. The Morgan fingerprint density at radius 3 is 2.18 bits per heavy atom. The molecule has 28 heavy (non-hydrogen) atoms. The summed E-state index contributed by atoms with van der Waals surface area (Å²) in [5.74, 6) is -1.29. The van der Waals surface area contributed by atoms with Crippen molar-refractivity contribution in [2.75, 3.05) is 24.7 Å². The van der Waals surface area contributed by atoms with E-state index in [1.165, 1.54) is 19.2 Å². The van der Waals surface area contributed by atoms with Gasteiger partial charge in [-0.3, -0.25) is 9.59 Å². The van der Waals surface area contributed by atoms with Crippen LogP contribution in [0.3, 0.4) is 0 Å². The Bertz CT molecular complexity index is 956. The fourth-order valence-electron chi connectivity index (χ4n) is 2.38. The largest absolute Gasteiger partial charge is 0.336 e. The molecule has 0 fully saturated rings. The molecule has 1 N–H and O–H groups in total. The number of anilines is 1. The summed E-state index contributed by atoms with van der Waals surface area (Å²) >= 11 is 12.0. The summed E-state index contributed by atoms with van der Waals surface area (Å²) in [6, 6.07) is 11.2. The van der Waals surface area contributed by atoms with E-state index in [1.54, 1.807) is 30.3 Å². The summed E-state index contributed by atoms with van der Waals surface area (Å²) in [6.07, 6.45) is -0.229. The van der Waals surface area contributed by atoms with Gasteiger partial charge >= 0.3 is 0 Å². The number of benzene rings is 2. The van der Waals surface area contributed by atoms with Gasteiger partial charge in [-0.2, -0.15) is 0 Å². The Balaban J connectivity index is 1.92. The lowest BCUT2D eigenvalue weighted by Gasteiger charge is -2.17. The average molecular weight is 443 g/mol. The van der Waals surface area contributed by atoms with Gasteiger partial charge in [-0.25, -0.2) is 8.42 Å². The molecule has 6 nitrogen and oxygen atoms in total. The normalized spacial score (nSPS) is 11.1. The van der Waals surface area contributed by atoms with Crippen LogP contribution >= 0.6 is 23.2 Å². The summed E-state index contributed by atoms with van der Waals surface area (Å²) in [7, 11) is -2.15. The maximum atomic E-state index is 12.3. The fraction of sp³-hybridized carbons (Fsp3) is 0.263. The third kappa shape index (κ3) is 5.95. The molecule has 0 heterocycles. The minimum absolute atomic E-state index is 0.166. The number of hydrogen-bond acceptors (Lipinski definition) is 4. The molecular weight excluding hydrogens is 423 g/mol. The number of sulfone groups is 1. The molecule has 9 heteroatoms. The van der Waals surface area contributed by atoms with Crippen LogP contribution in [0.25, 0.3) is 0 Å². The van der Waals surface area contributed by atoms with Crippen molar-refractivity contribution < 1.29 is 18.0 Å². The SMILES string of the molecule is Cc1ccc(S(=O)(=O)CCC(=O)N(C)CC(=O)Nc2c(Cl)cccc2Cl)cc1. The number of aryl methyl sites for hydroxylation is 1. The summed E-state index contributed by atoms with van der Waals surface area (Å²) in [5.41, 5.74) is 1.21. The van der Waals surface area contributed by atoms with E-state index in [-0.39, 0.29) is 39.3 Å². The van der Waals surface area contributed by atoms with Crippen LogP contribution in [0.2, 0.25) is 10.0 Å². The van der Waals surface area contributed by atoms with Crippen LogP contribution in [0.5, 0.6) is 0 Å². The number of nitrogens with one attached hydrogen (secondary N) is 1. The van der Waals surface area contributed by atoms with Crippen molar-refractivity contribution in [2.45, 2.75) is 18.2 Å². The summed E-state index contributed by atoms with van der Waals surface area (Å²) < 4.78 is 24.7. The summed E-state index contributed by atoms with van der Waals surface area (Å²) in [5, 5.41) is 3.11. The Morgan fingerprint density at radius 1 is 1.04 bits per heavy atom. The van der Waals surface area contributed by atoms with E-state index >= 15 is 0 Å². The number of rotatable bonds is 7. The number of amides is 2. The summed E-state index contributed by atoms with van der Waals surface area (Å²) in [4.78, 5) is 25.7. The molecule has 0 unspecified atom stereocenters. The van der Waals surface area contributed by atoms with Gasteiger partial charge in [0.05, 0.1) is 32.9 Å². The Morgan fingerprint density at radius 2 is 1.61 bits per heavy atom. The maximum Gasteiger partial charge on any atom is 0.244 e. The average Bonchev–Trinajstić information content (AvgIpc) is 2.63. The number of likely N-dealkylation sites (N-methyl/N-ethyl adjacent to an activating group) is 1. The molecule has 0 aliphatic heterocycles. The van der Waals surface area contributed by atoms with Gasteiger partial charge in [-0.05, 0) is 31.2 Å². The predicted molar refractivity (Wildman–Crippen MR) is 111 cm³/mol. The third-order valence-corrected chi connectivity index (χ3v) is 6.36. The highest BCUT2D eigenvalue weighted by molar-refractivity contribution is 7.91. The van der Waals surface area contributed by atoms with Crippen LogP contribution in [-0.2, 0) is 19.4 Å². The van der Waals surface area contributed by atoms with Crippen molar-refractivity contribution >= 4 is 50.5 Å². The quantitative estimate of drug-likeness (QED) is 0.710. The molecule has 0 radical (unpaired) electrons. The van der Waals surface area contributed by atoms with Gasteiger partial charge in [0.2, 0.25) is 11.8 Å². The number of carbonyl (C=O) groups excluding carboxylic acids is 2. The number of halogens is 2. The lowest BCUT2D eigenvalue weighted by Crippen LogP contribution is -2.35. The van der Waals surface area contributed by atoms with Crippen molar-refractivity contribution in [3.05, 3.63) is 58.1 Å². The minimum Gasteiger partial charge on any atom is -0.336 e. The van der Waals surface area contributed by atoms with Gasteiger partial charge in [-0.15, -0.1) is 0 Å². The highest BCUT2D eigenvalue weighted by Gasteiger charge is 2.20. The van der Waals surface area contributed by atoms with E-state index in [0.717, 1.165) is 10.5 Å². The van der Waals surface area contributed by atoms with Gasteiger partial charge in [0.15, 0.2) is 9.84 Å². The molecule has 0 atom stereocenters. The Labute approximate surface area is 174 Å². The standard InChI is InChI=1S/C19H20Cl2N2O4S/c1-13-6-8-14(9-7-13)28(26,27)11-10-18(25)23(2)12-17(24)22-19-15(20)4-3-5-16(19)21/h3-9H,10-12H2,1-2H3,(H,22,24). The molecule has 0 aromatic heterocycles. The van der Waals surface area contributed by atoms with Crippen molar-refractivity contribution in [1.82, 2.24) is 4.90 Å². The number of carbonyl (C=O) groups is 2. The van der Waals surface area contributed by atoms with E-state index in [9.17, 15) is 18.0 Å². The minimum atomic E-state index is -3.58. The van der Waals surface area contributed by atoms with E-state index in [0.29, 0.717) is 0 Å². The fourth-order valence-corrected chi connectivity index (χ4v) is 4.10. The predicted octanol–water partition coefficient (Wildman–Crippen LogP) is 3.56. The molecule has 2 amide bonds. The topological polar surface area (TPSA) is 83.6 Å².